The third-order valence-corrected chi connectivity index (χ3v) is 4.40. The number of benzene rings is 2. The molecule has 2 aromatic rings. The molecule has 0 saturated heterocycles. The highest BCUT2D eigenvalue weighted by molar-refractivity contribution is 7.89. The van der Waals surface area contributed by atoms with Gasteiger partial charge >= 0.3 is 0 Å². The van der Waals surface area contributed by atoms with Crippen LogP contribution in [0, 0.1) is 0 Å². The molecule has 1 N–H and O–H groups in total. The van der Waals surface area contributed by atoms with Crippen molar-refractivity contribution >= 4 is 10.0 Å². The van der Waals surface area contributed by atoms with E-state index in [-0.39, 0.29) is 5.75 Å². The summed E-state index contributed by atoms with van der Waals surface area (Å²) >= 11 is 0. The van der Waals surface area contributed by atoms with E-state index in [2.05, 4.69) is 4.72 Å². The van der Waals surface area contributed by atoms with Crippen molar-refractivity contribution in [1.29, 1.82) is 0 Å². The number of ether oxygens (including phenoxy) is 1. The van der Waals surface area contributed by atoms with Crippen molar-refractivity contribution < 1.29 is 13.2 Å². The molecule has 0 aromatic heterocycles. The van der Waals surface area contributed by atoms with Crippen molar-refractivity contribution in [3.05, 3.63) is 60.2 Å². The molecule has 0 bridgehead atoms. The summed E-state index contributed by atoms with van der Waals surface area (Å²) in [6, 6.07) is 16.9. The van der Waals surface area contributed by atoms with Crippen LogP contribution in [0.15, 0.2) is 54.6 Å². The van der Waals surface area contributed by atoms with E-state index in [1.807, 2.05) is 61.5 Å². The van der Waals surface area contributed by atoms with Crippen LogP contribution in [0.1, 0.15) is 18.9 Å². The zero-order valence-corrected chi connectivity index (χ0v) is 12.8. The predicted octanol–water partition coefficient (Wildman–Crippen LogP) is 3.31. The molecule has 0 aliphatic carbocycles. The van der Waals surface area contributed by atoms with E-state index in [4.69, 9.17) is 4.74 Å². The number of hydrogen-bond donors (Lipinski definition) is 1. The van der Waals surface area contributed by atoms with Crippen molar-refractivity contribution in [2.24, 2.45) is 0 Å². The van der Waals surface area contributed by atoms with Crippen molar-refractivity contribution in [3.63, 3.8) is 0 Å². The molecule has 112 valence electrons. The van der Waals surface area contributed by atoms with Gasteiger partial charge in [-0.2, -0.15) is 0 Å². The molecule has 5 heteroatoms. The lowest BCUT2D eigenvalue weighted by Crippen LogP contribution is -2.25. The van der Waals surface area contributed by atoms with Gasteiger partial charge in [-0.15, -0.1) is 0 Å². The van der Waals surface area contributed by atoms with Crippen LogP contribution in [0.2, 0.25) is 0 Å². The molecular formula is C16H19NO3S. The molecule has 21 heavy (non-hydrogen) atoms. The van der Waals surface area contributed by atoms with Gasteiger partial charge in [0.15, 0.2) is 0 Å². The van der Waals surface area contributed by atoms with Gasteiger partial charge in [0, 0.05) is 6.54 Å². The Balaban J connectivity index is 1.93. The van der Waals surface area contributed by atoms with Crippen molar-refractivity contribution in [2.75, 3.05) is 5.75 Å². The first-order chi connectivity index (χ1) is 10.1. The zero-order valence-electron chi connectivity index (χ0n) is 12.0. The molecule has 2 rings (SSSR count). The van der Waals surface area contributed by atoms with Crippen molar-refractivity contribution in [3.8, 4) is 11.5 Å². The predicted molar refractivity (Wildman–Crippen MR) is 83.9 cm³/mol. The van der Waals surface area contributed by atoms with Crippen LogP contribution in [0.4, 0.5) is 0 Å². The van der Waals surface area contributed by atoms with Gasteiger partial charge in [0.2, 0.25) is 10.0 Å². The number of sulfonamides is 1. The Bertz CT molecular complexity index is 652. The molecule has 2 aromatic carbocycles. The Morgan fingerprint density at radius 1 is 0.952 bits per heavy atom. The summed E-state index contributed by atoms with van der Waals surface area (Å²) in [6.45, 7) is 2.14. The summed E-state index contributed by atoms with van der Waals surface area (Å²) in [5.74, 6) is 1.65. The maximum absolute atomic E-state index is 11.6. The Hall–Kier alpha value is -1.85. The molecule has 0 aliphatic heterocycles. The van der Waals surface area contributed by atoms with Crippen molar-refractivity contribution in [2.45, 2.75) is 19.9 Å². The van der Waals surface area contributed by atoms with E-state index >= 15 is 0 Å². The van der Waals surface area contributed by atoms with E-state index in [1.54, 1.807) is 0 Å². The number of rotatable bonds is 7. The maximum atomic E-state index is 11.6. The van der Waals surface area contributed by atoms with Gasteiger partial charge in [-0.25, -0.2) is 13.1 Å². The highest BCUT2D eigenvalue weighted by atomic mass is 32.2. The minimum absolute atomic E-state index is 0.155. The van der Waals surface area contributed by atoms with E-state index < -0.39 is 10.0 Å². The summed E-state index contributed by atoms with van der Waals surface area (Å²) in [5.41, 5.74) is 0.898. The number of para-hydroxylation sites is 1. The molecule has 0 saturated carbocycles. The standard InChI is InChI=1S/C16H19NO3S/c1-2-12-21(18,19)17-13-14-8-10-16(11-9-14)20-15-6-4-3-5-7-15/h3-11,17H,2,12-13H2,1H3. The van der Waals surface area contributed by atoms with Crippen LogP contribution >= 0.6 is 0 Å². The molecule has 0 radical (unpaired) electrons. The summed E-state index contributed by atoms with van der Waals surface area (Å²) < 4.78 is 31.4. The Labute approximate surface area is 125 Å². The van der Waals surface area contributed by atoms with Gasteiger partial charge in [-0.3, -0.25) is 0 Å². The molecule has 4 nitrogen and oxygen atoms in total. The monoisotopic (exact) mass is 305 g/mol. The molecule has 0 unspecified atom stereocenters. The van der Waals surface area contributed by atoms with Gasteiger partial charge in [0.1, 0.15) is 11.5 Å². The molecule has 0 aliphatic rings. The van der Waals surface area contributed by atoms with E-state index in [1.165, 1.54) is 0 Å². The van der Waals surface area contributed by atoms with E-state index in [0.29, 0.717) is 13.0 Å². The molecule has 0 fully saturated rings. The first-order valence-electron chi connectivity index (χ1n) is 6.88. The lowest BCUT2D eigenvalue weighted by atomic mass is 10.2. The fourth-order valence-corrected chi connectivity index (χ4v) is 2.90. The number of nitrogens with one attached hydrogen (secondary N) is 1. The van der Waals surface area contributed by atoms with Crippen LogP contribution in [-0.2, 0) is 16.6 Å². The van der Waals surface area contributed by atoms with Crippen LogP contribution in [0.25, 0.3) is 0 Å². The second kappa shape index (κ2) is 7.24. The van der Waals surface area contributed by atoms with E-state index in [9.17, 15) is 8.42 Å². The lowest BCUT2D eigenvalue weighted by molar-refractivity contribution is 0.482. The molecule has 0 amide bonds. The SMILES string of the molecule is CCCS(=O)(=O)NCc1ccc(Oc2ccccc2)cc1. The first-order valence-corrected chi connectivity index (χ1v) is 8.53. The summed E-state index contributed by atoms with van der Waals surface area (Å²) in [5, 5.41) is 0. The molecule has 0 spiro atoms. The highest BCUT2D eigenvalue weighted by Crippen LogP contribution is 2.21. The zero-order chi connectivity index (χ0) is 15.1. The number of hydrogen-bond acceptors (Lipinski definition) is 3. The molecule has 0 heterocycles. The fraction of sp³-hybridized carbons (Fsp3) is 0.250. The van der Waals surface area contributed by atoms with Crippen LogP contribution in [-0.4, -0.2) is 14.2 Å². The Morgan fingerprint density at radius 2 is 1.57 bits per heavy atom. The topological polar surface area (TPSA) is 55.4 Å². The second-order valence-corrected chi connectivity index (χ2v) is 6.63. The normalized spacial score (nSPS) is 11.3. The van der Waals surface area contributed by atoms with Gasteiger partial charge in [-0.05, 0) is 36.2 Å². The Kier molecular flexibility index (Phi) is 5.36. The van der Waals surface area contributed by atoms with Crippen LogP contribution in [0.3, 0.4) is 0 Å². The van der Waals surface area contributed by atoms with E-state index in [0.717, 1.165) is 17.1 Å². The average molecular weight is 305 g/mol. The molecule has 0 atom stereocenters. The third kappa shape index (κ3) is 5.21. The summed E-state index contributed by atoms with van der Waals surface area (Å²) in [4.78, 5) is 0. The van der Waals surface area contributed by atoms with Gasteiger partial charge in [0.05, 0.1) is 5.75 Å². The smallest absolute Gasteiger partial charge is 0.211 e. The third-order valence-electron chi connectivity index (χ3n) is 2.87. The Morgan fingerprint density at radius 3 is 2.19 bits per heavy atom. The maximum Gasteiger partial charge on any atom is 0.211 e. The van der Waals surface area contributed by atoms with Crippen LogP contribution in [0.5, 0.6) is 11.5 Å². The molecular weight excluding hydrogens is 286 g/mol. The quantitative estimate of drug-likeness (QED) is 0.854. The largest absolute Gasteiger partial charge is 0.457 e. The highest BCUT2D eigenvalue weighted by Gasteiger charge is 2.07. The summed E-state index contributed by atoms with van der Waals surface area (Å²) in [6.07, 6.45) is 0.610. The van der Waals surface area contributed by atoms with Gasteiger partial charge in [-0.1, -0.05) is 37.3 Å². The minimum Gasteiger partial charge on any atom is -0.457 e. The minimum atomic E-state index is -3.17. The van der Waals surface area contributed by atoms with Crippen molar-refractivity contribution in [1.82, 2.24) is 4.72 Å². The first kappa shape index (κ1) is 15.5. The van der Waals surface area contributed by atoms with Gasteiger partial charge in [0.25, 0.3) is 0 Å². The average Bonchev–Trinajstić information content (AvgIpc) is 2.48. The fourth-order valence-electron chi connectivity index (χ4n) is 1.83. The van der Waals surface area contributed by atoms with Crippen LogP contribution < -0.4 is 9.46 Å². The van der Waals surface area contributed by atoms with Gasteiger partial charge < -0.3 is 4.74 Å². The summed E-state index contributed by atoms with van der Waals surface area (Å²) in [7, 11) is -3.17. The lowest BCUT2D eigenvalue weighted by Gasteiger charge is -2.08. The second-order valence-electron chi connectivity index (χ2n) is 4.70.